The van der Waals surface area contributed by atoms with E-state index in [-0.39, 0.29) is 24.2 Å². The summed E-state index contributed by atoms with van der Waals surface area (Å²) in [6, 6.07) is 0. The second-order valence-corrected chi connectivity index (χ2v) is 6.36. The zero-order valence-corrected chi connectivity index (χ0v) is 12.0. The fraction of sp³-hybridized carbons (Fsp3) is 0.933. The lowest BCUT2D eigenvalue weighted by Gasteiger charge is -2.39. The molecule has 0 spiro atoms. The molecule has 1 unspecified atom stereocenters. The first kappa shape index (κ1) is 14.8. The van der Waals surface area contributed by atoms with E-state index in [0.29, 0.717) is 12.3 Å². The highest BCUT2D eigenvalue weighted by molar-refractivity contribution is 5.77. The predicted octanol–water partition coefficient (Wildman–Crippen LogP) is 2.00. The first-order chi connectivity index (χ1) is 9.13. The van der Waals surface area contributed by atoms with Crippen molar-refractivity contribution in [2.45, 2.75) is 69.9 Å². The Bertz CT molecular complexity index is 292. The lowest BCUT2D eigenvalue weighted by molar-refractivity contribution is -0.128. The third-order valence-corrected chi connectivity index (χ3v) is 4.63. The topological polar surface area (TPSA) is 58.6 Å². The third kappa shape index (κ3) is 4.18. The fourth-order valence-electron chi connectivity index (χ4n) is 3.16. The van der Waals surface area contributed by atoms with Gasteiger partial charge in [-0.3, -0.25) is 4.79 Å². The predicted molar refractivity (Wildman–Crippen MR) is 73.8 cm³/mol. The van der Waals surface area contributed by atoms with Gasteiger partial charge in [-0.1, -0.05) is 6.92 Å². The second-order valence-electron chi connectivity index (χ2n) is 6.36. The van der Waals surface area contributed by atoms with Crippen molar-refractivity contribution in [1.82, 2.24) is 5.32 Å². The average Bonchev–Trinajstić information content (AvgIpc) is 2.43. The number of carbonyl (C=O) groups excluding carboxylic acids is 1. The number of rotatable bonds is 4. The van der Waals surface area contributed by atoms with Crippen LogP contribution in [0.25, 0.3) is 0 Å². The van der Waals surface area contributed by atoms with Gasteiger partial charge < -0.3 is 15.2 Å². The van der Waals surface area contributed by atoms with Crippen molar-refractivity contribution in [3.63, 3.8) is 0 Å². The molecule has 1 heterocycles. The van der Waals surface area contributed by atoms with Crippen LogP contribution >= 0.6 is 0 Å². The summed E-state index contributed by atoms with van der Waals surface area (Å²) in [5.41, 5.74) is -0.377. The molecule has 1 saturated heterocycles. The van der Waals surface area contributed by atoms with Crippen LogP contribution in [0, 0.1) is 5.92 Å². The Morgan fingerprint density at radius 1 is 1.32 bits per heavy atom. The molecule has 4 nitrogen and oxygen atoms in total. The maximum Gasteiger partial charge on any atom is 0.223 e. The van der Waals surface area contributed by atoms with E-state index in [4.69, 9.17) is 4.74 Å². The highest BCUT2D eigenvalue weighted by Gasteiger charge is 2.35. The highest BCUT2D eigenvalue weighted by atomic mass is 16.5. The molecule has 4 heteroatoms. The molecule has 0 bridgehead atoms. The normalized spacial score (nSPS) is 35.9. The molecule has 2 rings (SSSR count). The van der Waals surface area contributed by atoms with Gasteiger partial charge in [0.25, 0.3) is 0 Å². The van der Waals surface area contributed by atoms with E-state index in [1.54, 1.807) is 0 Å². The van der Waals surface area contributed by atoms with Crippen molar-refractivity contribution in [2.24, 2.45) is 5.92 Å². The first-order valence-electron chi connectivity index (χ1n) is 7.67. The van der Waals surface area contributed by atoms with Crippen LogP contribution in [0.1, 0.15) is 58.3 Å². The van der Waals surface area contributed by atoms with Gasteiger partial charge in [0, 0.05) is 6.61 Å². The van der Waals surface area contributed by atoms with Crippen LogP contribution < -0.4 is 5.32 Å². The molecule has 19 heavy (non-hydrogen) atoms. The summed E-state index contributed by atoms with van der Waals surface area (Å²) in [5.74, 6) is 0.744. The largest absolute Gasteiger partial charge is 0.394 e. The highest BCUT2D eigenvalue weighted by Crippen LogP contribution is 2.31. The summed E-state index contributed by atoms with van der Waals surface area (Å²) in [7, 11) is 0. The van der Waals surface area contributed by atoms with Crippen molar-refractivity contribution in [3.8, 4) is 0 Å². The van der Waals surface area contributed by atoms with E-state index >= 15 is 0 Å². The SMILES string of the molecule is CC1CCC(CO)(NC(=O)CC2CCCCO2)CC1. The maximum absolute atomic E-state index is 12.1. The van der Waals surface area contributed by atoms with Gasteiger partial charge in [-0.2, -0.15) is 0 Å². The first-order valence-corrected chi connectivity index (χ1v) is 7.67. The summed E-state index contributed by atoms with van der Waals surface area (Å²) in [6.45, 7) is 3.07. The van der Waals surface area contributed by atoms with E-state index in [9.17, 15) is 9.90 Å². The summed E-state index contributed by atoms with van der Waals surface area (Å²) in [6.07, 6.45) is 7.71. The lowest BCUT2D eigenvalue weighted by Crippen LogP contribution is -2.53. The minimum absolute atomic E-state index is 0.0375. The van der Waals surface area contributed by atoms with E-state index in [1.165, 1.54) is 0 Å². The van der Waals surface area contributed by atoms with Crippen molar-refractivity contribution in [1.29, 1.82) is 0 Å². The van der Waals surface area contributed by atoms with Gasteiger partial charge in [-0.15, -0.1) is 0 Å². The number of carbonyl (C=O) groups is 1. The molecule has 110 valence electrons. The summed E-state index contributed by atoms with van der Waals surface area (Å²) in [4.78, 5) is 12.1. The van der Waals surface area contributed by atoms with Gasteiger partial charge in [0.2, 0.25) is 5.91 Å². The van der Waals surface area contributed by atoms with Crippen LogP contribution in [0.3, 0.4) is 0 Å². The molecule has 1 aliphatic heterocycles. The average molecular weight is 269 g/mol. The number of hydrogen-bond acceptors (Lipinski definition) is 3. The summed E-state index contributed by atoms with van der Waals surface area (Å²) >= 11 is 0. The van der Waals surface area contributed by atoms with Crippen LogP contribution in [0.5, 0.6) is 0 Å². The van der Waals surface area contributed by atoms with Gasteiger partial charge in [0.05, 0.1) is 24.7 Å². The smallest absolute Gasteiger partial charge is 0.223 e. The molecule has 2 N–H and O–H groups in total. The van der Waals surface area contributed by atoms with Crippen LogP contribution in [-0.2, 0) is 9.53 Å². The van der Waals surface area contributed by atoms with Gasteiger partial charge in [0.1, 0.15) is 0 Å². The minimum Gasteiger partial charge on any atom is -0.394 e. The number of nitrogens with one attached hydrogen (secondary N) is 1. The number of ether oxygens (including phenoxy) is 1. The molecule has 0 aromatic heterocycles. The molecule has 2 fully saturated rings. The molecule has 0 radical (unpaired) electrons. The molecule has 0 aromatic rings. The number of aliphatic hydroxyl groups is 1. The second kappa shape index (κ2) is 6.71. The molecular weight excluding hydrogens is 242 g/mol. The van der Waals surface area contributed by atoms with Gasteiger partial charge in [-0.25, -0.2) is 0 Å². The molecule has 0 aromatic carbocycles. The zero-order chi connectivity index (χ0) is 13.7. The molecule has 1 amide bonds. The van der Waals surface area contributed by atoms with Crippen LogP contribution in [0.2, 0.25) is 0 Å². The maximum atomic E-state index is 12.1. The van der Waals surface area contributed by atoms with Crippen molar-refractivity contribution in [3.05, 3.63) is 0 Å². The van der Waals surface area contributed by atoms with Crippen LogP contribution in [0.15, 0.2) is 0 Å². The van der Waals surface area contributed by atoms with Crippen molar-refractivity contribution in [2.75, 3.05) is 13.2 Å². The third-order valence-electron chi connectivity index (χ3n) is 4.63. The summed E-state index contributed by atoms with van der Waals surface area (Å²) < 4.78 is 5.60. The quantitative estimate of drug-likeness (QED) is 0.820. The standard InChI is InChI=1S/C15H27NO3/c1-12-5-7-15(11-17,8-6-12)16-14(18)10-13-4-2-3-9-19-13/h12-13,17H,2-11H2,1H3,(H,16,18). The van der Waals surface area contributed by atoms with E-state index in [1.807, 2.05) is 0 Å². The molecule has 1 aliphatic carbocycles. The Morgan fingerprint density at radius 2 is 2.05 bits per heavy atom. The summed E-state index contributed by atoms with van der Waals surface area (Å²) in [5, 5.41) is 12.7. The molecule has 2 aliphatic rings. The Morgan fingerprint density at radius 3 is 2.63 bits per heavy atom. The van der Waals surface area contributed by atoms with Gasteiger partial charge in [-0.05, 0) is 50.9 Å². The zero-order valence-electron chi connectivity index (χ0n) is 12.0. The molecule has 1 saturated carbocycles. The van der Waals surface area contributed by atoms with Gasteiger partial charge in [0.15, 0.2) is 0 Å². The van der Waals surface area contributed by atoms with E-state index in [0.717, 1.165) is 51.6 Å². The molecular formula is C15H27NO3. The Balaban J connectivity index is 1.82. The Hall–Kier alpha value is -0.610. The monoisotopic (exact) mass is 269 g/mol. The fourth-order valence-corrected chi connectivity index (χ4v) is 3.16. The number of aliphatic hydroxyl groups excluding tert-OH is 1. The van der Waals surface area contributed by atoms with Crippen molar-refractivity contribution >= 4 is 5.91 Å². The number of hydrogen-bond donors (Lipinski definition) is 2. The molecule has 1 atom stereocenters. The lowest BCUT2D eigenvalue weighted by atomic mass is 9.77. The van der Waals surface area contributed by atoms with Gasteiger partial charge >= 0.3 is 0 Å². The minimum atomic E-state index is -0.377. The Kier molecular flexibility index (Phi) is 5.22. The Labute approximate surface area is 115 Å². The van der Waals surface area contributed by atoms with E-state index < -0.39 is 0 Å². The number of amides is 1. The van der Waals surface area contributed by atoms with Crippen molar-refractivity contribution < 1.29 is 14.6 Å². The van der Waals surface area contributed by atoms with E-state index in [2.05, 4.69) is 12.2 Å². The van der Waals surface area contributed by atoms with Crippen LogP contribution in [-0.4, -0.2) is 35.9 Å². The van der Waals surface area contributed by atoms with Crippen LogP contribution in [0.4, 0.5) is 0 Å².